The fraction of sp³-hybridized carbons (Fsp3) is 0.120. The van der Waals surface area contributed by atoms with Crippen LogP contribution in [0.2, 0.25) is 0 Å². The number of benzene rings is 2. The van der Waals surface area contributed by atoms with E-state index in [1.807, 2.05) is 18.2 Å². The second-order valence-electron chi connectivity index (χ2n) is 7.52. The van der Waals surface area contributed by atoms with Gasteiger partial charge in [0.2, 0.25) is 5.91 Å². The highest BCUT2D eigenvalue weighted by Gasteiger charge is 2.40. The van der Waals surface area contributed by atoms with Crippen LogP contribution in [0.4, 0.5) is 13.2 Å². The number of thiophene rings is 1. The minimum atomic E-state index is -4.89. The van der Waals surface area contributed by atoms with Crippen molar-refractivity contribution in [3.8, 4) is 10.4 Å². The molecule has 0 saturated heterocycles. The van der Waals surface area contributed by atoms with E-state index in [1.54, 1.807) is 54.7 Å². The van der Waals surface area contributed by atoms with Crippen molar-refractivity contribution in [2.45, 2.75) is 12.7 Å². The van der Waals surface area contributed by atoms with Gasteiger partial charge in [-0.15, -0.1) is 11.3 Å². The Bertz CT molecular complexity index is 1380. The standard InChI is InChI=1S/C25H18F3N3O2S/c1-31(15-17-4-8-19-20(14-17)30-13-12-29-19)23(32)11-5-16-2-6-18(7-3-16)21-9-10-22(34-21)24(33)25(26,27)28/h2-14H,15H2,1H3. The van der Waals surface area contributed by atoms with Crippen LogP contribution in [0.5, 0.6) is 0 Å². The Balaban J connectivity index is 1.39. The number of Topliss-reactive ketones (excluding diaryl/α,β-unsaturated/α-hetero) is 1. The third-order valence-corrected chi connectivity index (χ3v) is 6.16. The fourth-order valence-corrected chi connectivity index (χ4v) is 4.24. The lowest BCUT2D eigenvalue weighted by molar-refractivity contribution is -0.125. The Labute approximate surface area is 197 Å². The van der Waals surface area contributed by atoms with Gasteiger partial charge >= 0.3 is 6.18 Å². The van der Waals surface area contributed by atoms with Gasteiger partial charge in [0.1, 0.15) is 0 Å². The van der Waals surface area contributed by atoms with E-state index in [0.717, 1.165) is 33.5 Å². The molecular formula is C25H18F3N3O2S. The molecule has 0 saturated carbocycles. The summed E-state index contributed by atoms with van der Waals surface area (Å²) in [5.74, 6) is -2.03. The molecule has 0 N–H and O–H groups in total. The van der Waals surface area contributed by atoms with Gasteiger partial charge in [0.15, 0.2) is 0 Å². The van der Waals surface area contributed by atoms with E-state index in [9.17, 15) is 22.8 Å². The first kappa shape index (κ1) is 23.3. The molecule has 0 aliphatic heterocycles. The molecule has 0 spiro atoms. The monoisotopic (exact) mass is 481 g/mol. The third kappa shape index (κ3) is 5.37. The van der Waals surface area contributed by atoms with E-state index in [2.05, 4.69) is 9.97 Å². The second kappa shape index (κ2) is 9.56. The van der Waals surface area contributed by atoms with Gasteiger partial charge in [-0.25, -0.2) is 0 Å². The van der Waals surface area contributed by atoms with E-state index in [-0.39, 0.29) is 10.8 Å². The number of carbonyl (C=O) groups is 2. The van der Waals surface area contributed by atoms with Crippen molar-refractivity contribution in [1.82, 2.24) is 14.9 Å². The number of nitrogens with zero attached hydrogens (tertiary/aromatic N) is 3. The van der Waals surface area contributed by atoms with Crippen LogP contribution in [0.3, 0.4) is 0 Å². The van der Waals surface area contributed by atoms with Crippen molar-refractivity contribution in [2.75, 3.05) is 7.05 Å². The molecule has 4 aromatic rings. The Hall–Kier alpha value is -3.85. The zero-order chi connectivity index (χ0) is 24.3. The minimum Gasteiger partial charge on any atom is -0.338 e. The number of carbonyl (C=O) groups excluding carboxylic acids is 2. The Kier molecular flexibility index (Phi) is 6.56. The summed E-state index contributed by atoms with van der Waals surface area (Å²) >= 11 is 0.794. The number of halogens is 3. The van der Waals surface area contributed by atoms with Crippen molar-refractivity contribution >= 4 is 40.1 Å². The van der Waals surface area contributed by atoms with Crippen molar-refractivity contribution in [1.29, 1.82) is 0 Å². The minimum absolute atomic E-state index is 0.183. The predicted molar refractivity (Wildman–Crippen MR) is 125 cm³/mol. The first-order valence-corrected chi connectivity index (χ1v) is 11.0. The predicted octanol–water partition coefficient (Wildman–Crippen LogP) is 5.78. The van der Waals surface area contributed by atoms with Crippen molar-refractivity contribution in [3.63, 3.8) is 0 Å². The van der Waals surface area contributed by atoms with Crippen LogP contribution in [0, 0.1) is 0 Å². The largest absolute Gasteiger partial charge is 0.455 e. The van der Waals surface area contributed by atoms with Crippen molar-refractivity contribution < 1.29 is 22.8 Å². The van der Waals surface area contributed by atoms with E-state index in [1.165, 1.54) is 18.2 Å². The summed E-state index contributed by atoms with van der Waals surface area (Å²) in [5.41, 5.74) is 3.92. The lowest BCUT2D eigenvalue weighted by Gasteiger charge is -2.15. The number of alkyl halides is 3. The zero-order valence-electron chi connectivity index (χ0n) is 17.9. The molecule has 2 aromatic heterocycles. The topological polar surface area (TPSA) is 63.2 Å². The molecule has 0 bridgehead atoms. The van der Waals surface area contributed by atoms with Crippen molar-refractivity contribution in [2.24, 2.45) is 0 Å². The molecule has 1 amide bonds. The molecule has 5 nitrogen and oxygen atoms in total. The van der Waals surface area contributed by atoms with Crippen LogP contribution in [-0.4, -0.2) is 39.8 Å². The molecule has 34 heavy (non-hydrogen) atoms. The quantitative estimate of drug-likeness (QED) is 0.259. The smallest absolute Gasteiger partial charge is 0.338 e. The van der Waals surface area contributed by atoms with Crippen molar-refractivity contribution in [3.05, 3.63) is 89.1 Å². The highest BCUT2D eigenvalue weighted by molar-refractivity contribution is 7.17. The molecule has 0 radical (unpaired) electrons. The SMILES string of the molecule is CN(Cc1ccc2nccnc2c1)C(=O)C=Cc1ccc(-c2ccc(C(=O)C(F)(F)F)s2)cc1. The molecule has 0 fully saturated rings. The number of aromatic nitrogens is 2. The molecule has 0 aliphatic rings. The van der Waals surface area contributed by atoms with E-state index >= 15 is 0 Å². The Morgan fingerprint density at radius 1 is 0.971 bits per heavy atom. The zero-order valence-corrected chi connectivity index (χ0v) is 18.7. The van der Waals surface area contributed by atoms with E-state index < -0.39 is 12.0 Å². The number of hydrogen-bond acceptors (Lipinski definition) is 5. The number of likely N-dealkylation sites (N-methyl/N-ethyl adjacent to an activating group) is 1. The summed E-state index contributed by atoms with van der Waals surface area (Å²) in [6.07, 6.45) is 1.48. The third-order valence-electron chi connectivity index (χ3n) is 5.03. The highest BCUT2D eigenvalue weighted by Crippen LogP contribution is 2.32. The average Bonchev–Trinajstić information content (AvgIpc) is 3.31. The van der Waals surface area contributed by atoms with Crippen LogP contribution in [-0.2, 0) is 11.3 Å². The number of ketones is 1. The maximum Gasteiger partial charge on any atom is 0.455 e. The number of fused-ring (bicyclic) bond motifs is 1. The average molecular weight is 481 g/mol. The van der Waals surface area contributed by atoms with Crippen LogP contribution < -0.4 is 0 Å². The molecule has 172 valence electrons. The lowest BCUT2D eigenvalue weighted by Crippen LogP contribution is -2.24. The van der Waals surface area contributed by atoms with Crippen LogP contribution in [0.15, 0.2) is 73.1 Å². The van der Waals surface area contributed by atoms with Crippen LogP contribution >= 0.6 is 11.3 Å². The summed E-state index contributed by atoms with van der Waals surface area (Å²) in [7, 11) is 1.70. The van der Waals surface area contributed by atoms with Gasteiger partial charge in [0, 0.05) is 36.9 Å². The maximum absolute atomic E-state index is 12.6. The summed E-state index contributed by atoms with van der Waals surface area (Å²) < 4.78 is 37.8. The van der Waals surface area contributed by atoms with Gasteiger partial charge in [0.05, 0.1) is 15.9 Å². The van der Waals surface area contributed by atoms with Crippen LogP contribution in [0.1, 0.15) is 20.8 Å². The number of amides is 1. The second-order valence-corrected chi connectivity index (χ2v) is 8.60. The molecule has 2 aromatic carbocycles. The molecule has 0 aliphatic carbocycles. The lowest BCUT2D eigenvalue weighted by atomic mass is 10.1. The molecule has 4 rings (SSSR count). The normalized spacial score (nSPS) is 11.8. The van der Waals surface area contributed by atoms with Gasteiger partial charge in [-0.3, -0.25) is 19.6 Å². The first-order valence-electron chi connectivity index (χ1n) is 10.2. The maximum atomic E-state index is 12.6. The molecule has 0 atom stereocenters. The van der Waals surface area contributed by atoms with E-state index in [4.69, 9.17) is 0 Å². The summed E-state index contributed by atoms with van der Waals surface area (Å²) in [4.78, 5) is 34.2. The summed E-state index contributed by atoms with van der Waals surface area (Å²) in [5, 5.41) is 0. The highest BCUT2D eigenvalue weighted by atomic mass is 32.1. The molecule has 2 heterocycles. The first-order chi connectivity index (χ1) is 16.2. The number of hydrogen-bond donors (Lipinski definition) is 0. The number of rotatable bonds is 6. The summed E-state index contributed by atoms with van der Waals surface area (Å²) in [6.45, 7) is 0.409. The molecular weight excluding hydrogens is 463 g/mol. The Morgan fingerprint density at radius 2 is 1.68 bits per heavy atom. The molecule has 0 unspecified atom stereocenters. The summed E-state index contributed by atoms with van der Waals surface area (Å²) in [6, 6.07) is 15.3. The Morgan fingerprint density at radius 3 is 2.38 bits per heavy atom. The van der Waals surface area contributed by atoms with Gasteiger partial charge < -0.3 is 4.90 Å². The molecule has 9 heteroatoms. The van der Waals surface area contributed by atoms with Gasteiger partial charge in [0.25, 0.3) is 5.78 Å². The van der Waals surface area contributed by atoms with E-state index in [0.29, 0.717) is 17.0 Å². The fourth-order valence-electron chi connectivity index (χ4n) is 3.27. The van der Waals surface area contributed by atoms with Gasteiger partial charge in [-0.2, -0.15) is 13.2 Å². The van der Waals surface area contributed by atoms with Crippen LogP contribution in [0.25, 0.3) is 27.6 Å². The van der Waals surface area contributed by atoms with Gasteiger partial charge in [-0.05, 0) is 47.0 Å². The van der Waals surface area contributed by atoms with Gasteiger partial charge in [-0.1, -0.05) is 30.3 Å².